The third kappa shape index (κ3) is 2.23. The highest BCUT2D eigenvalue weighted by molar-refractivity contribution is 14.1. The Morgan fingerprint density at radius 3 is 2.09 bits per heavy atom. The molecule has 1 fully saturated rings. The first-order valence-electron chi connectivity index (χ1n) is 3.62. The van der Waals surface area contributed by atoms with Gasteiger partial charge in [-0.3, -0.25) is 0 Å². The molecule has 0 bridgehead atoms. The van der Waals surface area contributed by atoms with E-state index < -0.39 is 12.1 Å². The van der Waals surface area contributed by atoms with E-state index in [9.17, 15) is 13.2 Å². The van der Waals surface area contributed by atoms with E-state index in [1.54, 1.807) is 0 Å². The smallest absolute Gasteiger partial charge is 0.171 e. The summed E-state index contributed by atoms with van der Waals surface area (Å²) in [4.78, 5) is 0. The Balaban J connectivity index is 2.30. The molecule has 1 aliphatic carbocycles. The van der Waals surface area contributed by atoms with Crippen LogP contribution in [0.25, 0.3) is 0 Å². The lowest BCUT2D eigenvalue weighted by atomic mass is 9.73. The zero-order valence-electron chi connectivity index (χ0n) is 6.16. The van der Waals surface area contributed by atoms with Crippen LogP contribution in [0.5, 0.6) is 0 Å². The van der Waals surface area contributed by atoms with Crippen LogP contribution in [0.15, 0.2) is 0 Å². The van der Waals surface area contributed by atoms with Gasteiger partial charge in [0, 0.05) is 3.92 Å². The second kappa shape index (κ2) is 3.11. The molecule has 0 radical (unpaired) electrons. The molecule has 11 heavy (non-hydrogen) atoms. The molecule has 0 saturated heterocycles. The van der Waals surface area contributed by atoms with Gasteiger partial charge < -0.3 is 0 Å². The highest BCUT2D eigenvalue weighted by Gasteiger charge is 2.48. The van der Waals surface area contributed by atoms with Crippen molar-refractivity contribution in [3.8, 4) is 0 Å². The van der Waals surface area contributed by atoms with E-state index in [2.05, 4.69) is 22.6 Å². The van der Waals surface area contributed by atoms with E-state index in [-0.39, 0.29) is 0 Å². The number of halogens is 4. The summed E-state index contributed by atoms with van der Waals surface area (Å²) in [6.45, 7) is 1.97. The number of hydrogen-bond acceptors (Lipinski definition) is 0. The van der Waals surface area contributed by atoms with Gasteiger partial charge in [-0.25, -0.2) is 0 Å². The molecule has 1 unspecified atom stereocenters. The summed E-state index contributed by atoms with van der Waals surface area (Å²) in [6, 6.07) is 0. The van der Waals surface area contributed by atoms with Crippen LogP contribution in [0.2, 0.25) is 0 Å². The Bertz CT molecular complexity index is 135. The maximum atomic E-state index is 11.9. The largest absolute Gasteiger partial charge is 0.391 e. The maximum Gasteiger partial charge on any atom is 0.391 e. The van der Waals surface area contributed by atoms with Crippen LogP contribution in [-0.2, 0) is 0 Å². The lowest BCUT2D eigenvalue weighted by molar-refractivity contribution is -0.203. The van der Waals surface area contributed by atoms with Gasteiger partial charge in [0.25, 0.3) is 0 Å². The first-order valence-corrected chi connectivity index (χ1v) is 4.86. The lowest BCUT2D eigenvalue weighted by Crippen LogP contribution is -2.38. The van der Waals surface area contributed by atoms with Crippen LogP contribution < -0.4 is 0 Å². The molecule has 0 amide bonds. The molecule has 0 spiro atoms. The number of rotatable bonds is 1. The second-order valence-electron chi connectivity index (χ2n) is 3.15. The molecule has 66 valence electrons. The quantitative estimate of drug-likeness (QED) is 0.509. The molecule has 0 heterocycles. The van der Waals surface area contributed by atoms with Gasteiger partial charge in [0.1, 0.15) is 0 Å². The normalized spacial score (nSPS) is 34.6. The first kappa shape index (κ1) is 9.61. The summed E-state index contributed by atoms with van der Waals surface area (Å²) in [6.07, 6.45) is -3.26. The molecule has 1 atom stereocenters. The Morgan fingerprint density at radius 1 is 1.36 bits per heavy atom. The van der Waals surface area contributed by atoms with Gasteiger partial charge in [-0.2, -0.15) is 13.2 Å². The molecular weight excluding hydrogens is 268 g/mol. The van der Waals surface area contributed by atoms with Crippen molar-refractivity contribution in [2.45, 2.75) is 29.9 Å². The van der Waals surface area contributed by atoms with Crippen molar-refractivity contribution >= 4 is 22.6 Å². The highest BCUT2D eigenvalue weighted by Crippen LogP contribution is 2.47. The van der Waals surface area contributed by atoms with E-state index in [4.69, 9.17) is 0 Å². The molecular formula is C7H10F3I. The molecule has 0 aromatic rings. The van der Waals surface area contributed by atoms with Crippen LogP contribution in [0.3, 0.4) is 0 Å². The summed E-state index contributed by atoms with van der Waals surface area (Å²) in [5.74, 6) is -0.716. The summed E-state index contributed by atoms with van der Waals surface area (Å²) < 4.78 is 36.2. The molecule has 0 aromatic heterocycles. The van der Waals surface area contributed by atoms with Crippen molar-refractivity contribution in [2.24, 2.45) is 11.8 Å². The van der Waals surface area contributed by atoms with Gasteiger partial charge in [0.15, 0.2) is 0 Å². The molecule has 0 aromatic carbocycles. The molecule has 1 rings (SSSR count). The van der Waals surface area contributed by atoms with E-state index in [1.807, 2.05) is 6.92 Å². The molecule has 0 N–H and O–H groups in total. The van der Waals surface area contributed by atoms with E-state index in [0.29, 0.717) is 22.7 Å². The second-order valence-corrected chi connectivity index (χ2v) is 5.11. The van der Waals surface area contributed by atoms with Crippen molar-refractivity contribution in [3.05, 3.63) is 0 Å². The highest BCUT2D eigenvalue weighted by atomic mass is 127. The van der Waals surface area contributed by atoms with Crippen molar-refractivity contribution < 1.29 is 13.2 Å². The Kier molecular flexibility index (Phi) is 2.71. The van der Waals surface area contributed by atoms with Crippen LogP contribution in [-0.4, -0.2) is 10.1 Å². The average molecular weight is 278 g/mol. The standard InChI is InChI=1S/C7H10F3I/c1-4(11)5-2-6(3-5)7(8,9)10/h4-6H,2-3H2,1H3/t4?,5-,6-. The average Bonchev–Trinajstić information content (AvgIpc) is 1.51. The summed E-state index contributed by atoms with van der Waals surface area (Å²) in [7, 11) is 0. The van der Waals surface area contributed by atoms with Crippen molar-refractivity contribution in [3.63, 3.8) is 0 Å². The fourth-order valence-corrected chi connectivity index (χ4v) is 1.89. The Hall–Kier alpha value is 0.520. The van der Waals surface area contributed by atoms with Gasteiger partial charge in [-0.15, -0.1) is 0 Å². The minimum absolute atomic E-state index is 0.294. The summed E-state index contributed by atoms with van der Waals surface area (Å²) >= 11 is 2.19. The SMILES string of the molecule is CC(I)[C@H]1C[C@H](C(F)(F)F)C1. The number of hydrogen-bond donors (Lipinski definition) is 0. The molecule has 1 aliphatic rings. The van der Waals surface area contributed by atoms with E-state index >= 15 is 0 Å². The first-order chi connectivity index (χ1) is 4.91. The van der Waals surface area contributed by atoms with Crippen LogP contribution in [0.4, 0.5) is 13.2 Å². The van der Waals surface area contributed by atoms with Gasteiger partial charge in [0.05, 0.1) is 5.92 Å². The van der Waals surface area contributed by atoms with Crippen LogP contribution in [0, 0.1) is 11.8 Å². The fourth-order valence-electron chi connectivity index (χ4n) is 1.30. The predicted molar refractivity (Wildman–Crippen MR) is 45.8 cm³/mol. The van der Waals surface area contributed by atoms with Gasteiger partial charge in [0.2, 0.25) is 0 Å². The van der Waals surface area contributed by atoms with Crippen LogP contribution in [0.1, 0.15) is 19.8 Å². The van der Waals surface area contributed by atoms with E-state index in [1.165, 1.54) is 0 Å². The molecule has 0 aliphatic heterocycles. The zero-order chi connectivity index (χ0) is 8.65. The minimum atomic E-state index is -3.94. The minimum Gasteiger partial charge on any atom is -0.171 e. The van der Waals surface area contributed by atoms with Gasteiger partial charge >= 0.3 is 6.18 Å². The summed E-state index contributed by atoms with van der Waals surface area (Å²) in [5.41, 5.74) is 0. The summed E-state index contributed by atoms with van der Waals surface area (Å²) in [5, 5.41) is 0. The Morgan fingerprint density at radius 2 is 1.82 bits per heavy atom. The topological polar surface area (TPSA) is 0 Å². The fraction of sp³-hybridized carbons (Fsp3) is 1.00. The third-order valence-corrected chi connectivity index (χ3v) is 3.30. The zero-order valence-corrected chi connectivity index (χ0v) is 8.32. The molecule has 1 saturated carbocycles. The van der Waals surface area contributed by atoms with Gasteiger partial charge in [-0.05, 0) is 18.8 Å². The maximum absolute atomic E-state index is 11.9. The van der Waals surface area contributed by atoms with E-state index in [0.717, 1.165) is 0 Å². The Labute approximate surface area is 77.7 Å². The third-order valence-electron chi connectivity index (χ3n) is 2.29. The van der Waals surface area contributed by atoms with Crippen molar-refractivity contribution in [1.29, 1.82) is 0 Å². The lowest BCUT2D eigenvalue weighted by Gasteiger charge is -2.38. The monoisotopic (exact) mass is 278 g/mol. The molecule has 0 nitrogen and oxygen atoms in total. The number of alkyl halides is 4. The van der Waals surface area contributed by atoms with Gasteiger partial charge in [-0.1, -0.05) is 29.5 Å². The molecule has 4 heteroatoms. The van der Waals surface area contributed by atoms with Crippen molar-refractivity contribution in [2.75, 3.05) is 0 Å². The van der Waals surface area contributed by atoms with Crippen LogP contribution >= 0.6 is 22.6 Å². The predicted octanol–water partition coefficient (Wildman–Crippen LogP) is 3.40. The van der Waals surface area contributed by atoms with Crippen molar-refractivity contribution in [1.82, 2.24) is 0 Å².